The number of carboxylic acid groups (broad SMARTS) is 2. The normalized spacial score (nSPS) is 10.8. The predicted molar refractivity (Wildman–Crippen MR) is 104 cm³/mol. The molecule has 7 N–H and O–H groups in total. The standard InChI is InChI=1S/C12H19N5OS.C4H4O4/c1-2-15-12(14)17-10-6-3-7-11(16-10)19-8-4-5-9(13)18;5-3(6)1-2-4(7)8/h3,6-7H,2,4-5,8H2,1H3,(H2,13,18)(H3,14,15,16,17);1-2H,(H,5,6)(H,7,8)/b;2-1-. The Morgan fingerprint density at radius 3 is 2.37 bits per heavy atom. The van der Waals surface area contributed by atoms with E-state index < -0.39 is 11.9 Å². The molecule has 0 bridgehead atoms. The number of nitrogens with one attached hydrogen (secondary N) is 1. The molecule has 0 radical (unpaired) electrons. The van der Waals surface area contributed by atoms with E-state index in [1.54, 1.807) is 11.8 Å². The highest BCUT2D eigenvalue weighted by Crippen LogP contribution is 2.18. The minimum atomic E-state index is -1.26. The van der Waals surface area contributed by atoms with Crippen molar-refractivity contribution in [2.24, 2.45) is 16.5 Å². The number of rotatable bonds is 9. The van der Waals surface area contributed by atoms with Gasteiger partial charge in [-0.3, -0.25) is 9.79 Å². The van der Waals surface area contributed by atoms with Crippen LogP contribution in [0.5, 0.6) is 0 Å². The number of hydrogen-bond donors (Lipinski definition) is 5. The highest BCUT2D eigenvalue weighted by molar-refractivity contribution is 7.99. The van der Waals surface area contributed by atoms with Crippen molar-refractivity contribution in [3.63, 3.8) is 0 Å². The number of hydrogen-bond acceptors (Lipinski definition) is 6. The third-order valence-electron chi connectivity index (χ3n) is 2.49. The van der Waals surface area contributed by atoms with Crippen LogP contribution in [0.15, 0.2) is 40.4 Å². The third kappa shape index (κ3) is 14.9. The molecule has 0 spiro atoms. The summed E-state index contributed by atoms with van der Waals surface area (Å²) >= 11 is 1.58. The van der Waals surface area contributed by atoms with Gasteiger partial charge in [-0.05, 0) is 31.2 Å². The summed E-state index contributed by atoms with van der Waals surface area (Å²) in [5, 5.41) is 19.4. The summed E-state index contributed by atoms with van der Waals surface area (Å²) in [5.41, 5.74) is 10.7. The number of carbonyl (C=O) groups excluding carboxylic acids is 1. The quantitative estimate of drug-likeness (QED) is 0.133. The lowest BCUT2D eigenvalue weighted by Gasteiger charge is -2.06. The monoisotopic (exact) mass is 397 g/mol. The number of aliphatic carboxylic acids is 2. The van der Waals surface area contributed by atoms with Crippen LogP contribution >= 0.6 is 11.8 Å². The molecule has 1 aromatic rings. The lowest BCUT2D eigenvalue weighted by atomic mass is 10.3. The number of primary amides is 1. The molecule has 10 nitrogen and oxygen atoms in total. The van der Waals surface area contributed by atoms with Crippen LogP contribution in [0.25, 0.3) is 0 Å². The van der Waals surface area contributed by atoms with E-state index in [1.165, 1.54) is 0 Å². The fourth-order valence-corrected chi connectivity index (χ4v) is 2.31. The summed E-state index contributed by atoms with van der Waals surface area (Å²) in [4.78, 5) is 38.1. The SMILES string of the molecule is CCN=C(N)Nc1cccc(SCCCC(N)=O)n1.O=C(O)/C=C\C(=O)O. The summed E-state index contributed by atoms with van der Waals surface area (Å²) in [6.45, 7) is 2.54. The van der Waals surface area contributed by atoms with Gasteiger partial charge in [0.15, 0.2) is 5.96 Å². The highest BCUT2D eigenvalue weighted by Gasteiger charge is 2.01. The average molecular weight is 397 g/mol. The zero-order valence-corrected chi connectivity index (χ0v) is 15.6. The second-order valence-electron chi connectivity index (χ2n) is 4.77. The molecule has 1 heterocycles. The van der Waals surface area contributed by atoms with Crippen molar-refractivity contribution in [2.45, 2.75) is 24.8 Å². The number of carboxylic acids is 2. The Morgan fingerprint density at radius 1 is 1.22 bits per heavy atom. The second-order valence-corrected chi connectivity index (χ2v) is 5.89. The van der Waals surface area contributed by atoms with E-state index in [2.05, 4.69) is 15.3 Å². The van der Waals surface area contributed by atoms with Gasteiger partial charge in [-0.1, -0.05) is 6.07 Å². The van der Waals surface area contributed by atoms with Gasteiger partial charge in [0.1, 0.15) is 5.82 Å². The van der Waals surface area contributed by atoms with Gasteiger partial charge < -0.3 is 27.0 Å². The Balaban J connectivity index is 0.000000713. The van der Waals surface area contributed by atoms with Gasteiger partial charge in [-0.2, -0.15) is 0 Å². The summed E-state index contributed by atoms with van der Waals surface area (Å²) in [6, 6.07) is 5.63. The number of nitrogens with zero attached hydrogens (tertiary/aromatic N) is 2. The minimum Gasteiger partial charge on any atom is -0.478 e. The Morgan fingerprint density at radius 2 is 1.85 bits per heavy atom. The van der Waals surface area contributed by atoms with Gasteiger partial charge in [-0.15, -0.1) is 11.8 Å². The summed E-state index contributed by atoms with van der Waals surface area (Å²) in [7, 11) is 0. The number of nitrogens with two attached hydrogens (primary N) is 2. The molecule has 11 heteroatoms. The third-order valence-corrected chi connectivity index (χ3v) is 3.51. The lowest BCUT2D eigenvalue weighted by molar-refractivity contribution is -0.134. The van der Waals surface area contributed by atoms with Crippen LogP contribution in [0.3, 0.4) is 0 Å². The zero-order valence-electron chi connectivity index (χ0n) is 14.8. The maximum absolute atomic E-state index is 10.6. The molecular weight excluding hydrogens is 374 g/mol. The molecule has 0 aliphatic heterocycles. The van der Waals surface area contributed by atoms with E-state index >= 15 is 0 Å². The summed E-state index contributed by atoms with van der Waals surface area (Å²) in [6.07, 6.45) is 2.27. The van der Waals surface area contributed by atoms with E-state index in [-0.39, 0.29) is 5.91 Å². The lowest BCUT2D eigenvalue weighted by Crippen LogP contribution is -2.23. The highest BCUT2D eigenvalue weighted by atomic mass is 32.2. The van der Waals surface area contributed by atoms with Gasteiger partial charge in [0.25, 0.3) is 0 Å². The van der Waals surface area contributed by atoms with Crippen molar-refractivity contribution < 1.29 is 24.6 Å². The van der Waals surface area contributed by atoms with Crippen LogP contribution in [0, 0.1) is 0 Å². The van der Waals surface area contributed by atoms with E-state index in [0.29, 0.717) is 36.9 Å². The second kappa shape index (κ2) is 14.1. The molecule has 0 atom stereocenters. The van der Waals surface area contributed by atoms with Gasteiger partial charge in [0.05, 0.1) is 5.03 Å². The first kappa shape index (κ1) is 23.9. The fraction of sp³-hybridized carbons (Fsp3) is 0.312. The summed E-state index contributed by atoms with van der Waals surface area (Å²) < 4.78 is 0. The smallest absolute Gasteiger partial charge is 0.328 e. The molecule has 0 saturated carbocycles. The zero-order chi connectivity index (χ0) is 20.7. The van der Waals surface area contributed by atoms with Crippen molar-refractivity contribution in [3.05, 3.63) is 30.4 Å². The number of guanidine groups is 1. The van der Waals surface area contributed by atoms with E-state index in [0.717, 1.165) is 17.2 Å². The number of carbonyl (C=O) groups is 3. The number of anilines is 1. The van der Waals surface area contributed by atoms with E-state index in [9.17, 15) is 14.4 Å². The Labute approximate surface area is 160 Å². The predicted octanol–water partition coefficient (Wildman–Crippen LogP) is 0.898. The molecule has 0 aliphatic rings. The van der Waals surface area contributed by atoms with Gasteiger partial charge in [0, 0.05) is 25.1 Å². The van der Waals surface area contributed by atoms with Gasteiger partial charge in [-0.25, -0.2) is 14.6 Å². The topological polar surface area (TPSA) is 181 Å². The molecule has 0 aromatic carbocycles. The molecule has 1 aromatic heterocycles. The minimum absolute atomic E-state index is 0.271. The van der Waals surface area contributed by atoms with E-state index in [1.807, 2.05) is 25.1 Å². The van der Waals surface area contributed by atoms with Crippen LogP contribution in [-0.2, 0) is 14.4 Å². The molecule has 1 amide bonds. The van der Waals surface area contributed by atoms with Crippen molar-refractivity contribution in [1.82, 2.24) is 4.98 Å². The van der Waals surface area contributed by atoms with Crippen LogP contribution < -0.4 is 16.8 Å². The molecular formula is C16H23N5O5S. The summed E-state index contributed by atoms with van der Waals surface area (Å²) in [5.74, 6) is -0.967. The van der Waals surface area contributed by atoms with Crippen LogP contribution in [-0.4, -0.2) is 51.3 Å². The molecule has 0 fully saturated rings. The number of aliphatic imine (C=N–C) groups is 1. The average Bonchev–Trinajstić information content (AvgIpc) is 2.58. The van der Waals surface area contributed by atoms with Crippen molar-refractivity contribution in [2.75, 3.05) is 17.6 Å². The van der Waals surface area contributed by atoms with Crippen LogP contribution in [0.2, 0.25) is 0 Å². The van der Waals surface area contributed by atoms with Crippen molar-refractivity contribution >= 4 is 41.4 Å². The van der Waals surface area contributed by atoms with Crippen LogP contribution in [0.1, 0.15) is 19.8 Å². The van der Waals surface area contributed by atoms with Gasteiger partial charge >= 0.3 is 11.9 Å². The van der Waals surface area contributed by atoms with Gasteiger partial charge in [0.2, 0.25) is 5.91 Å². The van der Waals surface area contributed by atoms with Crippen molar-refractivity contribution in [3.8, 4) is 0 Å². The first-order valence-electron chi connectivity index (χ1n) is 7.83. The number of aromatic nitrogens is 1. The fourth-order valence-electron chi connectivity index (χ4n) is 1.47. The van der Waals surface area contributed by atoms with E-state index in [4.69, 9.17) is 21.7 Å². The Kier molecular flexibility index (Phi) is 12.5. The van der Waals surface area contributed by atoms with Crippen LogP contribution in [0.4, 0.5) is 5.82 Å². The number of pyridine rings is 1. The van der Waals surface area contributed by atoms with Crippen molar-refractivity contribution in [1.29, 1.82) is 0 Å². The molecule has 148 valence electrons. The largest absolute Gasteiger partial charge is 0.478 e. The Hall–Kier alpha value is -3.08. The number of thioether (sulfide) groups is 1. The molecule has 0 saturated heterocycles. The first-order chi connectivity index (χ1) is 12.7. The maximum Gasteiger partial charge on any atom is 0.328 e. The molecule has 0 aliphatic carbocycles. The first-order valence-corrected chi connectivity index (χ1v) is 8.82. The molecule has 0 unspecified atom stereocenters. The molecule has 1 rings (SSSR count). The Bertz CT molecular complexity index is 678. The maximum atomic E-state index is 10.6. The number of amides is 1. The molecule has 27 heavy (non-hydrogen) atoms.